The molecule has 9 atom stereocenters. The lowest BCUT2D eigenvalue weighted by Crippen LogP contribution is -2.82. The summed E-state index contributed by atoms with van der Waals surface area (Å²) in [6.07, 6.45) is -4.06. The Balaban J connectivity index is 1.77. The van der Waals surface area contributed by atoms with E-state index in [9.17, 15) is 34.5 Å². The molecule has 1 aromatic carbocycles. The zero-order valence-corrected chi connectivity index (χ0v) is 21.9. The SMILES string of the molecule is CC(=O)O[C@@]12CO[C@@H]1CC[C@@]1(O)C(=O)C(=O)C3C(C)[C@@H](O)C[C@@](O)([C@@H](OC(=O)c4ccccc4)[C@H]21)C3(C)C. The van der Waals surface area contributed by atoms with Crippen LogP contribution in [0.2, 0.25) is 0 Å². The monoisotopic (exact) mass is 530 g/mol. The van der Waals surface area contributed by atoms with Gasteiger partial charge >= 0.3 is 11.9 Å². The second-order valence-corrected chi connectivity index (χ2v) is 11.9. The largest absolute Gasteiger partial charge is 0.455 e. The van der Waals surface area contributed by atoms with E-state index in [0.717, 1.165) is 0 Å². The van der Waals surface area contributed by atoms with Gasteiger partial charge in [0, 0.05) is 24.7 Å². The fraction of sp³-hybridized carbons (Fsp3) is 0.643. The van der Waals surface area contributed by atoms with Gasteiger partial charge in [-0.2, -0.15) is 0 Å². The van der Waals surface area contributed by atoms with Crippen molar-refractivity contribution in [1.82, 2.24) is 0 Å². The van der Waals surface area contributed by atoms with Crippen molar-refractivity contribution in [3.05, 3.63) is 35.9 Å². The summed E-state index contributed by atoms with van der Waals surface area (Å²) in [5.41, 5.74) is -7.41. The van der Waals surface area contributed by atoms with Crippen molar-refractivity contribution in [2.75, 3.05) is 6.61 Å². The van der Waals surface area contributed by atoms with Crippen molar-refractivity contribution in [3.8, 4) is 0 Å². The van der Waals surface area contributed by atoms with Crippen molar-refractivity contribution < 1.29 is 48.7 Å². The molecule has 3 aliphatic carbocycles. The second kappa shape index (κ2) is 8.67. The van der Waals surface area contributed by atoms with Crippen molar-refractivity contribution >= 4 is 23.5 Å². The molecule has 0 radical (unpaired) electrons. The highest BCUT2D eigenvalue weighted by Gasteiger charge is 2.78. The number of benzene rings is 1. The quantitative estimate of drug-likeness (QED) is 0.380. The number of aliphatic hydroxyl groups excluding tert-OH is 1. The Bertz CT molecular complexity index is 1180. The predicted octanol–water partition coefficient (Wildman–Crippen LogP) is 0.980. The van der Waals surface area contributed by atoms with Crippen molar-refractivity contribution in [2.45, 2.75) is 82.1 Å². The minimum atomic E-state index is -2.42. The van der Waals surface area contributed by atoms with Gasteiger partial charge in [0.1, 0.15) is 23.4 Å². The number of esters is 2. The van der Waals surface area contributed by atoms with Crippen LogP contribution in [-0.4, -0.2) is 80.5 Å². The molecule has 1 aromatic rings. The first kappa shape index (κ1) is 26.9. The molecule has 2 unspecified atom stereocenters. The minimum Gasteiger partial charge on any atom is -0.455 e. The second-order valence-electron chi connectivity index (χ2n) is 11.9. The van der Waals surface area contributed by atoms with Gasteiger partial charge in [-0.25, -0.2) is 4.79 Å². The molecule has 10 heteroatoms. The van der Waals surface area contributed by atoms with Crippen molar-refractivity contribution in [3.63, 3.8) is 0 Å². The molecule has 4 aliphatic rings. The molecule has 38 heavy (non-hydrogen) atoms. The molecular weight excluding hydrogens is 496 g/mol. The van der Waals surface area contributed by atoms with Crippen LogP contribution >= 0.6 is 0 Å². The van der Waals surface area contributed by atoms with Crippen LogP contribution in [0.15, 0.2) is 30.3 Å². The normalized spacial score (nSPS) is 43.4. The van der Waals surface area contributed by atoms with Crippen LogP contribution in [0.3, 0.4) is 0 Å². The molecule has 3 N–H and O–H groups in total. The van der Waals surface area contributed by atoms with Gasteiger partial charge in [-0.1, -0.05) is 39.0 Å². The Morgan fingerprint density at radius 1 is 1.11 bits per heavy atom. The number of carbonyl (C=O) groups is 4. The summed E-state index contributed by atoms with van der Waals surface area (Å²) in [6.45, 7) is 5.74. The van der Waals surface area contributed by atoms with E-state index in [-0.39, 0.29) is 31.4 Å². The highest BCUT2D eigenvalue weighted by molar-refractivity contribution is 6.41. The number of hydrogen-bond donors (Lipinski definition) is 3. The Morgan fingerprint density at radius 3 is 2.34 bits per heavy atom. The van der Waals surface area contributed by atoms with Crippen LogP contribution in [-0.2, 0) is 28.6 Å². The molecule has 0 spiro atoms. The van der Waals surface area contributed by atoms with Gasteiger partial charge in [-0.15, -0.1) is 0 Å². The van der Waals surface area contributed by atoms with E-state index in [2.05, 4.69) is 0 Å². The minimum absolute atomic E-state index is 0.101. The van der Waals surface area contributed by atoms with Crippen LogP contribution in [0.25, 0.3) is 0 Å². The average molecular weight is 531 g/mol. The van der Waals surface area contributed by atoms with Crippen LogP contribution in [0.1, 0.15) is 57.3 Å². The molecule has 0 amide bonds. The Labute approximate surface area is 220 Å². The maximum atomic E-state index is 13.9. The third-order valence-corrected chi connectivity index (χ3v) is 9.68. The molecule has 5 rings (SSSR count). The first-order valence-electron chi connectivity index (χ1n) is 13.0. The van der Waals surface area contributed by atoms with Crippen LogP contribution in [0, 0.1) is 23.2 Å². The molecule has 0 aromatic heterocycles. The first-order valence-corrected chi connectivity index (χ1v) is 13.0. The van der Waals surface area contributed by atoms with Gasteiger partial charge < -0.3 is 29.5 Å². The third kappa shape index (κ3) is 3.46. The van der Waals surface area contributed by atoms with Crippen molar-refractivity contribution in [1.29, 1.82) is 0 Å². The highest BCUT2D eigenvalue weighted by Crippen LogP contribution is 2.61. The molecule has 3 saturated carbocycles. The van der Waals surface area contributed by atoms with E-state index >= 15 is 0 Å². The fourth-order valence-electron chi connectivity index (χ4n) is 7.60. The zero-order valence-electron chi connectivity index (χ0n) is 21.9. The summed E-state index contributed by atoms with van der Waals surface area (Å²) in [5.74, 6) is -7.03. The number of aliphatic hydroxyl groups is 3. The first-order chi connectivity index (χ1) is 17.7. The van der Waals surface area contributed by atoms with Gasteiger partial charge in [0.2, 0.25) is 11.6 Å². The standard InChI is InChI=1S/C28H34O10/c1-14-17(30)12-28(35)23(37-24(33)16-8-6-5-7-9-16)21-26(34,22(32)20(31)19(14)25(28,3)4)11-10-18-27(21,13-36-18)38-15(2)29/h5-9,14,17-19,21,23,30,34-35H,10-13H2,1-4H3/t14?,17-,18+,19?,21-,23-,26-,27-,28+/m0/s1. The molecule has 206 valence electrons. The number of ketones is 2. The van der Waals surface area contributed by atoms with Gasteiger partial charge in [0.15, 0.2) is 5.60 Å². The van der Waals surface area contributed by atoms with E-state index in [1.54, 1.807) is 39.0 Å². The summed E-state index contributed by atoms with van der Waals surface area (Å²) in [4.78, 5) is 53.5. The van der Waals surface area contributed by atoms with Crippen LogP contribution in [0.4, 0.5) is 0 Å². The third-order valence-electron chi connectivity index (χ3n) is 9.68. The van der Waals surface area contributed by atoms with Gasteiger partial charge in [-0.3, -0.25) is 14.4 Å². The van der Waals surface area contributed by atoms with E-state index in [0.29, 0.717) is 0 Å². The topological polar surface area (TPSA) is 157 Å². The van der Waals surface area contributed by atoms with Crippen LogP contribution < -0.4 is 0 Å². The summed E-state index contributed by atoms with van der Waals surface area (Å²) in [5, 5.41) is 35.7. The molecule has 10 nitrogen and oxygen atoms in total. The number of hydrogen-bond acceptors (Lipinski definition) is 10. The van der Waals surface area contributed by atoms with Gasteiger partial charge in [0.25, 0.3) is 0 Å². The number of ether oxygens (including phenoxy) is 3. The molecule has 1 heterocycles. The lowest BCUT2D eigenvalue weighted by molar-refractivity contribution is -0.346. The summed E-state index contributed by atoms with van der Waals surface area (Å²) in [6, 6.07) is 8.00. The summed E-state index contributed by atoms with van der Waals surface area (Å²) in [7, 11) is 0. The molecule has 2 bridgehead atoms. The Hall–Kier alpha value is -2.66. The Morgan fingerprint density at radius 2 is 1.76 bits per heavy atom. The number of carbonyl (C=O) groups excluding carboxylic acids is 4. The van der Waals surface area contributed by atoms with Gasteiger partial charge in [0.05, 0.1) is 24.2 Å². The van der Waals surface area contributed by atoms with E-state index in [1.165, 1.54) is 19.1 Å². The fourth-order valence-corrected chi connectivity index (χ4v) is 7.60. The summed E-state index contributed by atoms with van der Waals surface area (Å²) >= 11 is 0. The number of fused-ring (bicyclic) bond motifs is 5. The van der Waals surface area contributed by atoms with Crippen LogP contribution in [0.5, 0.6) is 0 Å². The Kier molecular flexibility index (Phi) is 6.15. The molecule has 4 fully saturated rings. The lowest BCUT2D eigenvalue weighted by Gasteiger charge is -2.66. The molecule has 1 saturated heterocycles. The van der Waals surface area contributed by atoms with E-state index in [1.807, 2.05) is 0 Å². The van der Waals surface area contributed by atoms with E-state index in [4.69, 9.17) is 14.2 Å². The average Bonchev–Trinajstić information content (AvgIpc) is 2.84. The smallest absolute Gasteiger partial charge is 0.338 e. The van der Waals surface area contributed by atoms with E-state index < -0.39 is 81.8 Å². The highest BCUT2D eigenvalue weighted by atomic mass is 16.6. The molecule has 1 aliphatic heterocycles. The maximum absolute atomic E-state index is 13.9. The zero-order chi connectivity index (χ0) is 27.8. The van der Waals surface area contributed by atoms with Gasteiger partial charge in [-0.05, 0) is 30.9 Å². The van der Waals surface area contributed by atoms with Crippen molar-refractivity contribution in [2.24, 2.45) is 23.2 Å². The predicted molar refractivity (Wildman–Crippen MR) is 130 cm³/mol. The maximum Gasteiger partial charge on any atom is 0.338 e. The lowest BCUT2D eigenvalue weighted by atomic mass is 9.45. The molecular formula is C28H34O10. The number of Topliss-reactive ketones (excluding diaryl/α,β-unsaturated/α-hetero) is 2. The summed E-state index contributed by atoms with van der Waals surface area (Å²) < 4.78 is 17.5. The number of rotatable bonds is 3.